The van der Waals surface area contributed by atoms with E-state index in [1.165, 1.54) is 0 Å². The normalized spacial score (nSPS) is 20.2. The number of nitrogens with zero attached hydrogens (tertiary/aromatic N) is 1. The second kappa shape index (κ2) is 6.14. The Hall–Kier alpha value is -1.79. The van der Waals surface area contributed by atoms with Crippen LogP contribution in [0.3, 0.4) is 0 Å². The molecule has 1 spiro atoms. The van der Waals surface area contributed by atoms with Gasteiger partial charge in [0.05, 0.1) is 33.0 Å². The number of hydrogen-bond acceptors (Lipinski definition) is 5. The zero-order valence-electron chi connectivity index (χ0n) is 13.0. The fraction of sp³-hybridized carbons (Fsp3) is 0.562. The minimum absolute atomic E-state index is 0.0522. The van der Waals surface area contributed by atoms with Gasteiger partial charge in [0.1, 0.15) is 11.5 Å². The second-order valence-electron chi connectivity index (χ2n) is 5.47. The van der Waals surface area contributed by atoms with E-state index in [-0.39, 0.29) is 5.91 Å². The van der Waals surface area contributed by atoms with Crippen LogP contribution < -0.4 is 9.47 Å². The number of methoxy groups -OCH3 is 2. The highest BCUT2D eigenvalue weighted by Gasteiger charge is 2.41. The van der Waals surface area contributed by atoms with Gasteiger partial charge < -0.3 is 23.8 Å². The van der Waals surface area contributed by atoms with Gasteiger partial charge in [-0.25, -0.2) is 0 Å². The van der Waals surface area contributed by atoms with Gasteiger partial charge in [0, 0.05) is 25.9 Å². The Morgan fingerprint density at radius 1 is 1.14 bits per heavy atom. The molecule has 2 aliphatic heterocycles. The summed E-state index contributed by atoms with van der Waals surface area (Å²) in [6, 6.07) is 5.25. The van der Waals surface area contributed by atoms with Crippen LogP contribution in [-0.4, -0.2) is 57.1 Å². The number of likely N-dealkylation sites (tertiary alicyclic amines) is 1. The van der Waals surface area contributed by atoms with E-state index in [0.29, 0.717) is 56.2 Å². The fourth-order valence-electron chi connectivity index (χ4n) is 2.99. The van der Waals surface area contributed by atoms with Gasteiger partial charge in [0.2, 0.25) is 0 Å². The van der Waals surface area contributed by atoms with Gasteiger partial charge in [-0.05, 0) is 18.2 Å². The Balaban J connectivity index is 1.74. The van der Waals surface area contributed by atoms with Gasteiger partial charge in [-0.2, -0.15) is 0 Å². The predicted octanol–water partition coefficient (Wildman–Crippen LogP) is 1.68. The number of rotatable bonds is 3. The molecule has 0 N–H and O–H groups in total. The molecule has 2 aliphatic rings. The molecule has 2 heterocycles. The third-order valence-electron chi connectivity index (χ3n) is 4.26. The van der Waals surface area contributed by atoms with Crippen LogP contribution in [0.25, 0.3) is 0 Å². The van der Waals surface area contributed by atoms with Crippen molar-refractivity contribution in [2.75, 3.05) is 40.5 Å². The van der Waals surface area contributed by atoms with Crippen LogP contribution in [0.1, 0.15) is 23.2 Å². The molecule has 0 bridgehead atoms. The van der Waals surface area contributed by atoms with Gasteiger partial charge in [-0.1, -0.05) is 0 Å². The summed E-state index contributed by atoms with van der Waals surface area (Å²) in [5.74, 6) is 0.665. The van der Waals surface area contributed by atoms with Crippen molar-refractivity contribution in [3.8, 4) is 11.5 Å². The average molecular weight is 307 g/mol. The van der Waals surface area contributed by atoms with Crippen LogP contribution in [0, 0.1) is 0 Å². The Morgan fingerprint density at radius 3 is 2.41 bits per heavy atom. The lowest BCUT2D eigenvalue weighted by Crippen LogP contribution is -2.47. The zero-order valence-corrected chi connectivity index (χ0v) is 13.0. The monoisotopic (exact) mass is 307 g/mol. The maximum atomic E-state index is 12.8. The highest BCUT2D eigenvalue weighted by atomic mass is 16.7. The molecule has 0 aliphatic carbocycles. The van der Waals surface area contributed by atoms with E-state index in [1.54, 1.807) is 32.4 Å². The lowest BCUT2D eigenvalue weighted by Gasteiger charge is -2.37. The minimum Gasteiger partial charge on any atom is -0.497 e. The first kappa shape index (κ1) is 15.1. The second-order valence-corrected chi connectivity index (χ2v) is 5.47. The van der Waals surface area contributed by atoms with Crippen molar-refractivity contribution in [1.82, 2.24) is 4.90 Å². The van der Waals surface area contributed by atoms with Crippen LogP contribution in [0.15, 0.2) is 18.2 Å². The van der Waals surface area contributed by atoms with Gasteiger partial charge >= 0.3 is 0 Å². The number of amides is 1. The molecule has 0 radical (unpaired) electrons. The Bertz CT molecular complexity index is 543. The summed E-state index contributed by atoms with van der Waals surface area (Å²) in [7, 11) is 3.14. The largest absolute Gasteiger partial charge is 0.497 e. The van der Waals surface area contributed by atoms with E-state index in [2.05, 4.69) is 0 Å². The zero-order chi connectivity index (χ0) is 15.6. The number of carbonyl (C=O) groups excluding carboxylic acids is 1. The lowest BCUT2D eigenvalue weighted by atomic mass is 10.0. The maximum Gasteiger partial charge on any atom is 0.257 e. The standard InChI is InChI=1S/C16H21NO5/c1-19-12-3-4-14(20-2)13(11-12)15(18)17-7-5-16(6-8-17)21-9-10-22-16/h3-4,11H,5-10H2,1-2H3. The van der Waals surface area contributed by atoms with Crippen molar-refractivity contribution in [3.05, 3.63) is 23.8 Å². The summed E-state index contributed by atoms with van der Waals surface area (Å²) < 4.78 is 21.9. The van der Waals surface area contributed by atoms with E-state index >= 15 is 0 Å². The van der Waals surface area contributed by atoms with Gasteiger partial charge in [-0.3, -0.25) is 4.79 Å². The van der Waals surface area contributed by atoms with Crippen molar-refractivity contribution in [2.45, 2.75) is 18.6 Å². The molecule has 0 atom stereocenters. The van der Waals surface area contributed by atoms with E-state index in [4.69, 9.17) is 18.9 Å². The Morgan fingerprint density at radius 2 is 1.82 bits per heavy atom. The fourth-order valence-corrected chi connectivity index (χ4v) is 2.99. The third kappa shape index (κ3) is 2.76. The van der Waals surface area contributed by atoms with Gasteiger partial charge in [-0.15, -0.1) is 0 Å². The molecule has 1 aromatic carbocycles. The molecule has 2 fully saturated rings. The van der Waals surface area contributed by atoms with Gasteiger partial charge in [0.25, 0.3) is 5.91 Å². The first-order chi connectivity index (χ1) is 10.7. The summed E-state index contributed by atoms with van der Waals surface area (Å²) in [5.41, 5.74) is 0.519. The molecule has 0 saturated carbocycles. The molecule has 6 nitrogen and oxygen atoms in total. The maximum absolute atomic E-state index is 12.8. The molecule has 1 aromatic rings. The van der Waals surface area contributed by atoms with Crippen molar-refractivity contribution >= 4 is 5.91 Å². The lowest BCUT2D eigenvalue weighted by molar-refractivity contribution is -0.181. The number of benzene rings is 1. The summed E-state index contributed by atoms with van der Waals surface area (Å²) in [5, 5.41) is 0. The van der Waals surface area contributed by atoms with Crippen molar-refractivity contribution in [1.29, 1.82) is 0 Å². The molecule has 0 unspecified atom stereocenters. The Kier molecular flexibility index (Phi) is 4.22. The molecular formula is C16H21NO5. The molecule has 22 heavy (non-hydrogen) atoms. The van der Waals surface area contributed by atoms with Crippen molar-refractivity contribution in [2.24, 2.45) is 0 Å². The first-order valence-electron chi connectivity index (χ1n) is 7.47. The minimum atomic E-state index is -0.477. The molecule has 3 rings (SSSR count). The van der Waals surface area contributed by atoms with E-state index in [0.717, 1.165) is 0 Å². The van der Waals surface area contributed by atoms with Crippen molar-refractivity contribution < 1.29 is 23.7 Å². The molecule has 1 amide bonds. The van der Waals surface area contributed by atoms with E-state index < -0.39 is 5.79 Å². The average Bonchev–Trinajstić information content (AvgIpc) is 3.02. The van der Waals surface area contributed by atoms with Crippen molar-refractivity contribution in [3.63, 3.8) is 0 Å². The van der Waals surface area contributed by atoms with E-state index in [1.807, 2.05) is 4.90 Å². The molecule has 0 aromatic heterocycles. The highest BCUT2D eigenvalue weighted by Crippen LogP contribution is 2.33. The van der Waals surface area contributed by atoms with Crippen LogP contribution in [0.4, 0.5) is 0 Å². The van der Waals surface area contributed by atoms with Crippen LogP contribution >= 0.6 is 0 Å². The summed E-state index contributed by atoms with van der Waals surface area (Å²) in [6.45, 7) is 2.49. The first-order valence-corrected chi connectivity index (χ1v) is 7.47. The smallest absolute Gasteiger partial charge is 0.257 e. The SMILES string of the molecule is COc1ccc(OC)c(C(=O)N2CCC3(CC2)OCCO3)c1. The topological polar surface area (TPSA) is 57.2 Å². The summed E-state index contributed by atoms with van der Waals surface area (Å²) in [4.78, 5) is 14.6. The van der Waals surface area contributed by atoms with Gasteiger partial charge in [0.15, 0.2) is 5.79 Å². The molecular weight excluding hydrogens is 286 g/mol. The Labute approximate surface area is 129 Å². The number of carbonyl (C=O) groups is 1. The summed E-state index contributed by atoms with van der Waals surface area (Å²) in [6.07, 6.45) is 1.40. The van der Waals surface area contributed by atoms with Crippen LogP contribution in [0.5, 0.6) is 11.5 Å². The molecule has 6 heteroatoms. The number of piperidine rings is 1. The quantitative estimate of drug-likeness (QED) is 0.850. The number of hydrogen-bond donors (Lipinski definition) is 0. The third-order valence-corrected chi connectivity index (χ3v) is 4.26. The molecule has 120 valence electrons. The highest BCUT2D eigenvalue weighted by molar-refractivity contribution is 5.97. The van der Waals surface area contributed by atoms with Crippen LogP contribution in [-0.2, 0) is 9.47 Å². The molecule has 2 saturated heterocycles. The predicted molar refractivity (Wildman–Crippen MR) is 79.3 cm³/mol. The summed E-state index contributed by atoms with van der Waals surface area (Å²) >= 11 is 0. The van der Waals surface area contributed by atoms with Crippen LogP contribution in [0.2, 0.25) is 0 Å². The number of ether oxygens (including phenoxy) is 4. The van der Waals surface area contributed by atoms with E-state index in [9.17, 15) is 4.79 Å².